The van der Waals surface area contributed by atoms with Gasteiger partial charge in [-0.05, 0) is 56.5 Å². The first-order chi connectivity index (χ1) is 12.0. The zero-order valence-corrected chi connectivity index (χ0v) is 15.2. The zero-order valence-electron chi connectivity index (χ0n) is 15.2. The van der Waals surface area contributed by atoms with Crippen LogP contribution in [0.3, 0.4) is 0 Å². The molecule has 25 heavy (non-hydrogen) atoms. The third kappa shape index (κ3) is 4.35. The van der Waals surface area contributed by atoms with Crippen LogP contribution in [0.4, 0.5) is 0 Å². The van der Waals surface area contributed by atoms with Gasteiger partial charge in [-0.1, -0.05) is 36.9 Å². The summed E-state index contributed by atoms with van der Waals surface area (Å²) in [5, 5.41) is 6.60. The second-order valence-electron chi connectivity index (χ2n) is 5.88. The van der Waals surface area contributed by atoms with Crippen LogP contribution in [0, 0.1) is 20.8 Å². The van der Waals surface area contributed by atoms with Crippen molar-refractivity contribution in [3.8, 4) is 16.9 Å². The Morgan fingerprint density at radius 1 is 1.32 bits per heavy atom. The minimum Gasteiger partial charge on any atom is -0.489 e. The van der Waals surface area contributed by atoms with E-state index in [1.54, 1.807) is 6.08 Å². The van der Waals surface area contributed by atoms with E-state index >= 15 is 0 Å². The van der Waals surface area contributed by atoms with Crippen molar-refractivity contribution in [1.29, 1.82) is 0 Å². The molecule has 2 rings (SSSR count). The Balaban J connectivity index is 2.29. The van der Waals surface area contributed by atoms with Gasteiger partial charge < -0.3 is 4.74 Å². The lowest BCUT2D eigenvalue weighted by Crippen LogP contribution is -2.14. The summed E-state index contributed by atoms with van der Waals surface area (Å²) < 4.78 is 5.86. The van der Waals surface area contributed by atoms with Gasteiger partial charge in [-0.15, -0.1) is 0 Å². The molecule has 1 heterocycles. The summed E-state index contributed by atoms with van der Waals surface area (Å²) in [4.78, 5) is 11.9. The van der Waals surface area contributed by atoms with E-state index < -0.39 is 0 Å². The van der Waals surface area contributed by atoms with Gasteiger partial charge in [-0.25, -0.2) is 5.10 Å². The molecule has 0 fully saturated rings. The molecule has 0 spiro atoms. The van der Waals surface area contributed by atoms with Crippen LogP contribution in [0.5, 0.6) is 5.75 Å². The monoisotopic (exact) mass is 336 g/mol. The molecule has 130 valence electrons. The fraction of sp³-hybridized carbons (Fsp3) is 0.238. The van der Waals surface area contributed by atoms with Crippen LogP contribution in [-0.4, -0.2) is 16.8 Å². The number of aryl methyl sites for hydroxylation is 2. The Hall–Kier alpha value is -2.88. The number of rotatable bonds is 6. The molecule has 0 atom stereocenters. The van der Waals surface area contributed by atoms with Crippen LogP contribution < -0.4 is 10.3 Å². The third-order valence-electron chi connectivity index (χ3n) is 4.04. The third-order valence-corrected chi connectivity index (χ3v) is 4.04. The first kappa shape index (κ1) is 18.5. The summed E-state index contributed by atoms with van der Waals surface area (Å²) in [6.45, 7) is 11.9. The van der Waals surface area contributed by atoms with Crippen molar-refractivity contribution in [3.05, 3.63) is 81.8 Å². The van der Waals surface area contributed by atoms with Crippen LogP contribution in [0.1, 0.15) is 23.7 Å². The van der Waals surface area contributed by atoms with Crippen molar-refractivity contribution < 1.29 is 4.74 Å². The number of ether oxygens (including phenoxy) is 1. The van der Waals surface area contributed by atoms with Gasteiger partial charge in [-0.3, -0.25) is 4.79 Å². The Morgan fingerprint density at radius 2 is 2.08 bits per heavy atom. The SMILES string of the molecule is C=C/C(=C\C=C/C)COc1ccc(-c2c(C)n[nH]c(=O)c2C)c(C)c1. The Morgan fingerprint density at radius 3 is 2.72 bits per heavy atom. The molecule has 0 unspecified atom stereocenters. The molecule has 1 aromatic heterocycles. The molecular formula is C21H24N2O2. The van der Waals surface area contributed by atoms with Crippen LogP contribution in [-0.2, 0) is 0 Å². The fourth-order valence-corrected chi connectivity index (χ4v) is 2.62. The van der Waals surface area contributed by atoms with Gasteiger partial charge in [0.25, 0.3) is 5.56 Å². The molecule has 0 aliphatic carbocycles. The lowest BCUT2D eigenvalue weighted by molar-refractivity contribution is 0.355. The molecule has 0 aliphatic heterocycles. The summed E-state index contributed by atoms with van der Waals surface area (Å²) in [6.07, 6.45) is 7.68. The zero-order chi connectivity index (χ0) is 18.4. The van der Waals surface area contributed by atoms with Crippen molar-refractivity contribution in [2.75, 3.05) is 6.61 Å². The van der Waals surface area contributed by atoms with E-state index in [1.165, 1.54) is 0 Å². The number of H-pyrrole nitrogens is 1. The van der Waals surface area contributed by atoms with E-state index in [4.69, 9.17) is 4.74 Å². The Labute approximate surface area is 148 Å². The van der Waals surface area contributed by atoms with Crippen LogP contribution in [0.2, 0.25) is 0 Å². The summed E-state index contributed by atoms with van der Waals surface area (Å²) in [5.74, 6) is 0.780. The first-order valence-electron chi connectivity index (χ1n) is 8.22. The van der Waals surface area contributed by atoms with E-state index in [0.717, 1.165) is 33.7 Å². The van der Waals surface area contributed by atoms with E-state index in [0.29, 0.717) is 12.2 Å². The molecule has 0 saturated heterocycles. The normalized spacial score (nSPS) is 11.8. The molecule has 4 heteroatoms. The van der Waals surface area contributed by atoms with E-state index in [2.05, 4.69) is 16.8 Å². The van der Waals surface area contributed by atoms with Crippen molar-refractivity contribution in [2.45, 2.75) is 27.7 Å². The van der Waals surface area contributed by atoms with Gasteiger partial charge in [0, 0.05) is 11.1 Å². The van der Waals surface area contributed by atoms with Crippen molar-refractivity contribution in [3.63, 3.8) is 0 Å². The average Bonchev–Trinajstić information content (AvgIpc) is 2.60. The predicted octanol–water partition coefficient (Wildman–Crippen LogP) is 4.43. The number of nitrogens with zero attached hydrogens (tertiary/aromatic N) is 1. The summed E-state index contributed by atoms with van der Waals surface area (Å²) >= 11 is 0. The summed E-state index contributed by atoms with van der Waals surface area (Å²) in [5.41, 5.74) is 5.23. The van der Waals surface area contributed by atoms with Crippen molar-refractivity contribution in [2.24, 2.45) is 0 Å². The highest BCUT2D eigenvalue weighted by Crippen LogP contribution is 2.29. The largest absolute Gasteiger partial charge is 0.489 e. The number of benzene rings is 1. The van der Waals surface area contributed by atoms with E-state index in [-0.39, 0.29) is 5.56 Å². The average molecular weight is 336 g/mol. The van der Waals surface area contributed by atoms with Crippen LogP contribution in [0.15, 0.2) is 59.4 Å². The van der Waals surface area contributed by atoms with E-state index in [9.17, 15) is 4.79 Å². The Kier molecular flexibility index (Phi) is 6.12. The van der Waals surface area contributed by atoms with Gasteiger partial charge in [0.1, 0.15) is 12.4 Å². The highest BCUT2D eigenvalue weighted by Gasteiger charge is 2.13. The van der Waals surface area contributed by atoms with Crippen LogP contribution >= 0.6 is 0 Å². The standard InChI is InChI=1S/C21H24N2O2/c1-6-8-9-17(7-2)13-25-18-10-11-19(14(3)12-18)20-15(4)21(24)23-22-16(20)5/h6-12H,2,13H2,1,3-5H3,(H,23,24)/b8-6-,17-9+. The molecule has 4 nitrogen and oxygen atoms in total. The Bertz CT molecular complexity index is 889. The smallest absolute Gasteiger partial charge is 0.267 e. The van der Waals surface area contributed by atoms with Gasteiger partial charge in [0.2, 0.25) is 0 Å². The number of aromatic amines is 1. The van der Waals surface area contributed by atoms with Crippen LogP contribution in [0.25, 0.3) is 11.1 Å². The van der Waals surface area contributed by atoms with Crippen molar-refractivity contribution >= 4 is 0 Å². The highest BCUT2D eigenvalue weighted by molar-refractivity contribution is 5.72. The maximum atomic E-state index is 11.9. The molecule has 1 aromatic carbocycles. The predicted molar refractivity (Wildman–Crippen MR) is 103 cm³/mol. The number of allylic oxidation sites excluding steroid dienone is 3. The minimum absolute atomic E-state index is 0.162. The first-order valence-corrected chi connectivity index (χ1v) is 8.22. The van der Waals surface area contributed by atoms with Crippen molar-refractivity contribution in [1.82, 2.24) is 10.2 Å². The highest BCUT2D eigenvalue weighted by atomic mass is 16.5. The fourth-order valence-electron chi connectivity index (χ4n) is 2.62. The molecule has 0 bridgehead atoms. The number of aromatic nitrogens is 2. The molecule has 1 N–H and O–H groups in total. The lowest BCUT2D eigenvalue weighted by atomic mass is 9.96. The second-order valence-corrected chi connectivity index (χ2v) is 5.88. The minimum atomic E-state index is -0.162. The molecule has 0 saturated carbocycles. The number of nitrogens with one attached hydrogen (secondary N) is 1. The molecule has 0 aliphatic rings. The van der Waals surface area contributed by atoms with Gasteiger partial charge >= 0.3 is 0 Å². The molecular weight excluding hydrogens is 312 g/mol. The second kappa shape index (κ2) is 8.29. The summed E-state index contributed by atoms with van der Waals surface area (Å²) in [6, 6.07) is 5.87. The molecule has 0 amide bonds. The molecule has 2 aromatic rings. The van der Waals surface area contributed by atoms with E-state index in [1.807, 2.05) is 64.1 Å². The number of hydrogen-bond donors (Lipinski definition) is 1. The summed E-state index contributed by atoms with van der Waals surface area (Å²) in [7, 11) is 0. The maximum absolute atomic E-state index is 11.9. The van der Waals surface area contributed by atoms with Gasteiger partial charge in [0.05, 0.1) is 5.69 Å². The topological polar surface area (TPSA) is 55.0 Å². The maximum Gasteiger partial charge on any atom is 0.267 e. The van der Waals surface area contributed by atoms with Gasteiger partial charge in [0.15, 0.2) is 0 Å². The van der Waals surface area contributed by atoms with Gasteiger partial charge in [-0.2, -0.15) is 5.10 Å². The number of hydrogen-bond acceptors (Lipinski definition) is 3. The quantitative estimate of drug-likeness (QED) is 0.794. The molecule has 0 radical (unpaired) electrons. The lowest BCUT2D eigenvalue weighted by Gasteiger charge is -2.13.